The van der Waals surface area contributed by atoms with E-state index in [1.54, 1.807) is 13.2 Å². The van der Waals surface area contributed by atoms with Crippen LogP contribution in [0, 0.1) is 17.0 Å². The van der Waals surface area contributed by atoms with Gasteiger partial charge in [0.1, 0.15) is 12.1 Å². The van der Waals surface area contributed by atoms with Gasteiger partial charge in [0.2, 0.25) is 11.6 Å². The number of aryl methyl sites for hydroxylation is 2. The zero-order valence-electron chi connectivity index (χ0n) is 17.3. The predicted molar refractivity (Wildman–Crippen MR) is 118 cm³/mol. The molecule has 0 atom stereocenters. The highest BCUT2D eigenvalue weighted by Crippen LogP contribution is 2.35. The first-order valence-electron chi connectivity index (χ1n) is 9.78. The van der Waals surface area contributed by atoms with E-state index in [0.29, 0.717) is 11.4 Å². The summed E-state index contributed by atoms with van der Waals surface area (Å²) in [6.07, 6.45) is 4.56. The number of rotatable bonds is 9. The summed E-state index contributed by atoms with van der Waals surface area (Å²) in [6.45, 7) is 4.08. The Hall–Kier alpha value is -3.68. The molecule has 0 aliphatic rings. The van der Waals surface area contributed by atoms with E-state index >= 15 is 0 Å². The third-order valence-electron chi connectivity index (χ3n) is 4.65. The largest absolute Gasteiger partial charge is 0.495 e. The van der Waals surface area contributed by atoms with Gasteiger partial charge in [-0.3, -0.25) is 10.1 Å². The summed E-state index contributed by atoms with van der Waals surface area (Å²) in [4.78, 5) is 19.5. The summed E-state index contributed by atoms with van der Waals surface area (Å²) >= 11 is 0. The van der Waals surface area contributed by atoms with Crippen LogP contribution < -0.4 is 15.4 Å². The Morgan fingerprint density at radius 1 is 1.07 bits per heavy atom. The van der Waals surface area contributed by atoms with E-state index in [2.05, 4.69) is 27.5 Å². The van der Waals surface area contributed by atoms with Gasteiger partial charge >= 0.3 is 5.69 Å². The van der Waals surface area contributed by atoms with E-state index in [4.69, 9.17) is 4.74 Å². The molecule has 0 saturated heterocycles. The second-order valence-electron chi connectivity index (χ2n) is 6.93. The number of methoxy groups -OCH3 is 1. The van der Waals surface area contributed by atoms with Crippen molar-refractivity contribution in [3.8, 4) is 5.75 Å². The number of hydrogen-bond donors (Lipinski definition) is 2. The molecule has 0 saturated carbocycles. The van der Waals surface area contributed by atoms with Crippen LogP contribution in [0.1, 0.15) is 30.9 Å². The third-order valence-corrected chi connectivity index (χ3v) is 4.65. The fourth-order valence-corrected chi connectivity index (χ4v) is 3.05. The lowest BCUT2D eigenvalue weighted by atomic mass is 10.1. The van der Waals surface area contributed by atoms with Crippen LogP contribution in [0.15, 0.2) is 48.8 Å². The van der Waals surface area contributed by atoms with E-state index in [9.17, 15) is 10.1 Å². The first kappa shape index (κ1) is 21.0. The average molecular weight is 407 g/mol. The van der Waals surface area contributed by atoms with E-state index in [0.717, 1.165) is 30.5 Å². The van der Waals surface area contributed by atoms with Crippen molar-refractivity contribution in [2.75, 3.05) is 17.7 Å². The summed E-state index contributed by atoms with van der Waals surface area (Å²) in [5.41, 5.74) is 3.28. The molecule has 0 amide bonds. The summed E-state index contributed by atoms with van der Waals surface area (Å²) in [5, 5.41) is 17.9. The second kappa shape index (κ2) is 9.69. The number of anilines is 4. The molecule has 3 rings (SSSR count). The summed E-state index contributed by atoms with van der Waals surface area (Å²) < 4.78 is 5.35. The fraction of sp³-hybridized carbons (Fsp3) is 0.273. The lowest BCUT2D eigenvalue weighted by Gasteiger charge is -2.13. The van der Waals surface area contributed by atoms with Crippen molar-refractivity contribution in [3.05, 3.63) is 70.0 Å². The van der Waals surface area contributed by atoms with Crippen molar-refractivity contribution >= 4 is 28.7 Å². The van der Waals surface area contributed by atoms with Crippen LogP contribution in [0.2, 0.25) is 0 Å². The Morgan fingerprint density at radius 3 is 2.40 bits per heavy atom. The number of unbranched alkanes of at least 4 members (excludes halogenated alkanes) is 1. The van der Waals surface area contributed by atoms with Gasteiger partial charge in [0.25, 0.3) is 0 Å². The van der Waals surface area contributed by atoms with Crippen LogP contribution in [0.3, 0.4) is 0 Å². The molecular formula is C22H25N5O3. The molecule has 30 heavy (non-hydrogen) atoms. The average Bonchev–Trinajstić information content (AvgIpc) is 2.73. The molecule has 1 aromatic heterocycles. The van der Waals surface area contributed by atoms with Crippen molar-refractivity contribution in [2.45, 2.75) is 33.1 Å². The minimum Gasteiger partial charge on any atom is -0.495 e. The van der Waals surface area contributed by atoms with Crippen molar-refractivity contribution in [2.24, 2.45) is 0 Å². The highest BCUT2D eigenvalue weighted by Gasteiger charge is 2.24. The monoisotopic (exact) mass is 407 g/mol. The molecule has 8 nitrogen and oxygen atoms in total. The number of nitrogens with one attached hydrogen (secondary N) is 2. The molecule has 2 N–H and O–H groups in total. The quantitative estimate of drug-likeness (QED) is 0.355. The topological polar surface area (TPSA) is 102 Å². The van der Waals surface area contributed by atoms with Gasteiger partial charge in [-0.05, 0) is 55.2 Å². The Labute approximate surface area is 175 Å². The molecule has 0 aliphatic carbocycles. The Bertz CT molecular complexity index is 1020. The maximum atomic E-state index is 11.8. The number of nitrogens with zero attached hydrogens (tertiary/aromatic N) is 3. The maximum Gasteiger partial charge on any atom is 0.353 e. The highest BCUT2D eigenvalue weighted by molar-refractivity contribution is 5.78. The smallest absolute Gasteiger partial charge is 0.353 e. The lowest BCUT2D eigenvalue weighted by Crippen LogP contribution is -2.06. The second-order valence-corrected chi connectivity index (χ2v) is 6.93. The molecule has 156 valence electrons. The molecule has 3 aromatic rings. The van der Waals surface area contributed by atoms with Crippen LogP contribution in [0.25, 0.3) is 0 Å². The van der Waals surface area contributed by atoms with Gasteiger partial charge in [-0.1, -0.05) is 31.5 Å². The summed E-state index contributed by atoms with van der Waals surface area (Å²) in [6, 6.07) is 13.4. The number of aromatic nitrogens is 2. The van der Waals surface area contributed by atoms with Gasteiger partial charge in [-0.25, -0.2) is 9.97 Å². The number of nitro groups is 1. The van der Waals surface area contributed by atoms with Gasteiger partial charge in [0.15, 0.2) is 0 Å². The van der Waals surface area contributed by atoms with Gasteiger partial charge in [0, 0.05) is 5.69 Å². The van der Waals surface area contributed by atoms with E-state index in [1.807, 2.05) is 43.3 Å². The van der Waals surface area contributed by atoms with Gasteiger partial charge in [-0.2, -0.15) is 0 Å². The van der Waals surface area contributed by atoms with Crippen LogP contribution >= 0.6 is 0 Å². The molecule has 0 spiro atoms. The Kier molecular flexibility index (Phi) is 6.79. The molecule has 1 heterocycles. The predicted octanol–water partition coefficient (Wildman–Crippen LogP) is 5.53. The number of benzene rings is 2. The number of ether oxygens (including phenoxy) is 1. The lowest BCUT2D eigenvalue weighted by molar-refractivity contribution is -0.383. The fourth-order valence-electron chi connectivity index (χ4n) is 3.05. The van der Waals surface area contributed by atoms with Crippen molar-refractivity contribution in [1.29, 1.82) is 0 Å². The molecule has 8 heteroatoms. The molecular weight excluding hydrogens is 382 g/mol. The molecule has 0 aliphatic heterocycles. The normalized spacial score (nSPS) is 10.5. The first-order valence-corrected chi connectivity index (χ1v) is 9.78. The minimum absolute atomic E-state index is 0.0842. The molecule has 0 unspecified atom stereocenters. The van der Waals surface area contributed by atoms with E-state index in [1.165, 1.54) is 11.9 Å². The van der Waals surface area contributed by atoms with Gasteiger partial charge in [-0.15, -0.1) is 0 Å². The van der Waals surface area contributed by atoms with Crippen LogP contribution in [-0.2, 0) is 6.42 Å². The summed E-state index contributed by atoms with van der Waals surface area (Å²) in [7, 11) is 1.54. The van der Waals surface area contributed by atoms with Crippen molar-refractivity contribution < 1.29 is 9.66 Å². The van der Waals surface area contributed by atoms with Crippen LogP contribution in [0.5, 0.6) is 5.75 Å². The third kappa shape index (κ3) is 5.02. The summed E-state index contributed by atoms with van der Waals surface area (Å²) in [5.74, 6) is 0.761. The maximum absolute atomic E-state index is 11.8. The SMILES string of the molecule is CCCCc1ccc(Nc2ncnc(Nc3cc(C)ccc3OC)c2[N+](=O)[O-])cc1. The number of hydrogen-bond acceptors (Lipinski definition) is 7. The molecule has 0 fully saturated rings. The zero-order chi connectivity index (χ0) is 21.5. The van der Waals surface area contributed by atoms with Crippen LogP contribution in [0.4, 0.5) is 28.7 Å². The van der Waals surface area contributed by atoms with Crippen molar-refractivity contribution in [3.63, 3.8) is 0 Å². The van der Waals surface area contributed by atoms with Gasteiger partial charge in [0.05, 0.1) is 17.7 Å². The standard InChI is InChI=1S/C22H25N5O3/c1-4-5-6-16-8-10-17(11-9-16)25-21-20(27(28)29)22(24-14-23-21)26-18-13-15(2)7-12-19(18)30-3/h7-14H,4-6H2,1-3H3,(H2,23,24,25,26). The molecule has 2 aromatic carbocycles. The zero-order valence-corrected chi connectivity index (χ0v) is 17.3. The van der Waals surface area contributed by atoms with Crippen molar-refractivity contribution in [1.82, 2.24) is 9.97 Å². The molecule has 0 bridgehead atoms. The molecule has 0 radical (unpaired) electrons. The van der Waals surface area contributed by atoms with Gasteiger partial charge < -0.3 is 15.4 Å². The van der Waals surface area contributed by atoms with E-state index < -0.39 is 4.92 Å². The first-order chi connectivity index (χ1) is 14.5. The van der Waals surface area contributed by atoms with Crippen LogP contribution in [-0.4, -0.2) is 22.0 Å². The van der Waals surface area contributed by atoms with E-state index in [-0.39, 0.29) is 17.3 Å². The Morgan fingerprint density at radius 2 is 1.77 bits per heavy atom. The minimum atomic E-state index is -0.497. The highest BCUT2D eigenvalue weighted by atomic mass is 16.6. The Balaban J connectivity index is 1.90.